The van der Waals surface area contributed by atoms with Crippen LogP contribution in [0.4, 0.5) is 13.2 Å². The van der Waals surface area contributed by atoms with Crippen LogP contribution in [0, 0.1) is 5.92 Å². The van der Waals surface area contributed by atoms with Gasteiger partial charge in [-0.1, -0.05) is 54.1 Å². The second-order valence-electron chi connectivity index (χ2n) is 14.9. The largest absolute Gasteiger partial charge is 0.481 e. The van der Waals surface area contributed by atoms with E-state index >= 15 is 0 Å². The number of rotatable bonds is 13. The average molecular weight is 793 g/mol. The number of pyridine rings is 2. The van der Waals surface area contributed by atoms with E-state index < -0.39 is 35.2 Å². The molecule has 2 fully saturated rings. The molecule has 2 N–H and O–H groups in total. The number of methoxy groups -OCH3 is 2. The van der Waals surface area contributed by atoms with Crippen molar-refractivity contribution in [2.45, 2.75) is 82.8 Å². The number of carboxylic acid groups (broad SMARTS) is 1. The van der Waals surface area contributed by atoms with Crippen molar-refractivity contribution in [2.75, 3.05) is 27.3 Å². The summed E-state index contributed by atoms with van der Waals surface area (Å²) in [6.45, 7) is 3.20. The summed E-state index contributed by atoms with van der Waals surface area (Å²) in [6, 6.07) is 16.1. The number of nitrogens with zero attached hydrogens (tertiary/aromatic N) is 3. The van der Waals surface area contributed by atoms with Gasteiger partial charge in [0.15, 0.2) is 0 Å². The highest BCUT2D eigenvalue weighted by atomic mass is 35.5. The smallest absolute Gasteiger partial charge is 0.421 e. The van der Waals surface area contributed by atoms with E-state index in [9.17, 15) is 27.9 Å². The van der Waals surface area contributed by atoms with Crippen molar-refractivity contribution in [3.8, 4) is 40.0 Å². The zero-order chi connectivity index (χ0) is 39.8. The van der Waals surface area contributed by atoms with Gasteiger partial charge in [0.2, 0.25) is 17.6 Å². The van der Waals surface area contributed by atoms with Crippen LogP contribution >= 0.6 is 11.6 Å². The Hall–Kier alpha value is -4.72. The third-order valence-corrected chi connectivity index (χ3v) is 11.8. The Morgan fingerprint density at radius 3 is 2.43 bits per heavy atom. The number of benzene rings is 2. The number of ether oxygens (including phenoxy) is 3. The maximum Gasteiger partial charge on any atom is 0.421 e. The number of carbonyl (C=O) groups is 2. The summed E-state index contributed by atoms with van der Waals surface area (Å²) in [5.74, 6) is -0.565. The number of halogens is 4. The van der Waals surface area contributed by atoms with Crippen molar-refractivity contribution in [1.29, 1.82) is 0 Å². The lowest BCUT2D eigenvalue weighted by atomic mass is 9.94. The monoisotopic (exact) mass is 792 g/mol. The lowest BCUT2D eigenvalue weighted by Crippen LogP contribution is -2.47. The molecule has 2 aromatic carbocycles. The van der Waals surface area contributed by atoms with Gasteiger partial charge < -0.3 is 24.6 Å². The van der Waals surface area contributed by atoms with Crippen LogP contribution in [0.5, 0.6) is 17.6 Å². The fraction of sp³-hybridized carbons (Fsp3) is 0.429. The summed E-state index contributed by atoms with van der Waals surface area (Å²) in [6.07, 6.45) is -1.44. The summed E-state index contributed by atoms with van der Waals surface area (Å²) in [4.78, 5) is 34.4. The number of Topliss-reactive ketones (excluding diaryl/α,β-unsaturated/α-hetero) is 1. The molecule has 2 aliphatic carbocycles. The van der Waals surface area contributed by atoms with Gasteiger partial charge in [-0.2, -0.15) is 18.2 Å². The lowest BCUT2D eigenvalue weighted by Gasteiger charge is -2.31. The Morgan fingerprint density at radius 1 is 0.982 bits per heavy atom. The molecule has 4 aromatic rings. The average Bonchev–Trinajstić information content (AvgIpc) is 3.90. The first-order chi connectivity index (χ1) is 26.8. The van der Waals surface area contributed by atoms with Crippen LogP contribution in [0.15, 0.2) is 54.6 Å². The predicted octanol–water partition coefficient (Wildman–Crippen LogP) is 8.46. The SMILES string of the molecule is COc1nc(-c2cccc(-c3cccc4c3CC[C@@H]4Oc3nc(OC)c(CN4CCC[C@@]4(C)C(=O)O)cc3C(F)(F)F)c2Cl)ccc1CNC[C@@H]1CCC(=O)C1. The number of likely N-dealkylation sites (tertiary alicyclic amines) is 1. The van der Waals surface area contributed by atoms with Gasteiger partial charge in [-0.3, -0.25) is 14.5 Å². The van der Waals surface area contributed by atoms with Gasteiger partial charge in [0.25, 0.3) is 0 Å². The lowest BCUT2D eigenvalue weighted by molar-refractivity contribution is -0.149. The van der Waals surface area contributed by atoms with Crippen LogP contribution in [0.2, 0.25) is 5.02 Å². The minimum Gasteiger partial charge on any atom is -0.481 e. The maximum atomic E-state index is 14.6. The minimum atomic E-state index is -4.80. The number of nitrogens with one attached hydrogen (secondary N) is 1. The molecule has 0 bridgehead atoms. The molecule has 1 aliphatic heterocycles. The van der Waals surface area contributed by atoms with E-state index in [1.807, 2.05) is 48.5 Å². The number of alkyl halides is 3. The van der Waals surface area contributed by atoms with E-state index in [2.05, 4.69) is 10.3 Å². The summed E-state index contributed by atoms with van der Waals surface area (Å²) >= 11 is 7.13. The van der Waals surface area contributed by atoms with Crippen LogP contribution < -0.4 is 19.5 Å². The van der Waals surface area contributed by atoms with Gasteiger partial charge in [0.05, 0.1) is 24.9 Å². The van der Waals surface area contributed by atoms with E-state index in [1.54, 1.807) is 18.9 Å². The standard InChI is InChI=1S/C42H44ClF3N4O6/c1-41(40(52)53)17-6-18-50(41)23-26-20-33(42(44,45)46)39(49-38(26)55-3)56-35-16-14-29-28(7-4-8-30(29)35)31-9-5-10-32(36(31)43)34-15-12-25(37(48-34)54-2)22-47-21-24-11-13-27(51)19-24/h4-5,7-10,12,15,20,24,35,47H,6,11,13-14,16-19,21-23H2,1-3H3,(H,52,53)/t24-,35+,41+/m1/s1. The molecule has 296 valence electrons. The maximum absolute atomic E-state index is 14.6. The number of carboxylic acids is 1. The molecule has 1 saturated carbocycles. The Bertz CT molecular complexity index is 2150. The van der Waals surface area contributed by atoms with E-state index in [1.165, 1.54) is 7.11 Å². The number of hydrogen-bond acceptors (Lipinski definition) is 9. The van der Waals surface area contributed by atoms with Crippen LogP contribution in [0.3, 0.4) is 0 Å². The molecule has 3 atom stereocenters. The number of aromatic nitrogens is 2. The van der Waals surface area contributed by atoms with Crippen molar-refractivity contribution >= 4 is 23.4 Å². The van der Waals surface area contributed by atoms with Crippen molar-refractivity contribution in [3.05, 3.63) is 87.4 Å². The molecule has 14 heteroatoms. The highest BCUT2D eigenvalue weighted by Gasteiger charge is 2.44. The Labute approximate surface area is 328 Å². The molecule has 3 heterocycles. The number of aliphatic carboxylic acids is 1. The quantitative estimate of drug-likeness (QED) is 0.136. The second-order valence-corrected chi connectivity index (χ2v) is 15.3. The van der Waals surface area contributed by atoms with E-state index in [0.29, 0.717) is 85.5 Å². The normalized spacial score (nSPS) is 21.0. The van der Waals surface area contributed by atoms with Crippen molar-refractivity contribution in [1.82, 2.24) is 20.2 Å². The Balaban J connectivity index is 1.14. The highest BCUT2D eigenvalue weighted by molar-refractivity contribution is 6.36. The third-order valence-electron chi connectivity index (χ3n) is 11.4. The highest BCUT2D eigenvalue weighted by Crippen LogP contribution is 2.46. The topological polar surface area (TPSA) is 123 Å². The molecule has 1 saturated heterocycles. The molecule has 56 heavy (non-hydrogen) atoms. The van der Waals surface area contributed by atoms with Gasteiger partial charge in [0.1, 0.15) is 23.0 Å². The molecule has 0 spiro atoms. The second kappa shape index (κ2) is 16.0. The third kappa shape index (κ3) is 7.81. The molecular formula is C42H44ClF3N4O6. The van der Waals surface area contributed by atoms with E-state index in [0.717, 1.165) is 46.8 Å². The summed E-state index contributed by atoms with van der Waals surface area (Å²) in [7, 11) is 2.89. The van der Waals surface area contributed by atoms with Crippen LogP contribution in [-0.4, -0.2) is 64.6 Å². The molecule has 7 rings (SSSR count). The van der Waals surface area contributed by atoms with Gasteiger partial charge in [0, 0.05) is 48.2 Å². The van der Waals surface area contributed by atoms with Crippen molar-refractivity contribution < 1.29 is 42.1 Å². The summed E-state index contributed by atoms with van der Waals surface area (Å²) < 4.78 is 61.1. The molecule has 10 nitrogen and oxygen atoms in total. The molecule has 3 aliphatic rings. The molecule has 2 aromatic heterocycles. The Morgan fingerprint density at radius 2 is 1.71 bits per heavy atom. The van der Waals surface area contributed by atoms with Gasteiger partial charge in [-0.15, -0.1) is 0 Å². The molecule has 0 unspecified atom stereocenters. The minimum absolute atomic E-state index is 0.0560. The zero-order valence-electron chi connectivity index (χ0n) is 31.5. The van der Waals surface area contributed by atoms with E-state index in [-0.39, 0.29) is 18.0 Å². The van der Waals surface area contributed by atoms with Gasteiger partial charge in [-0.25, -0.2) is 4.98 Å². The van der Waals surface area contributed by atoms with Crippen molar-refractivity contribution in [2.24, 2.45) is 5.92 Å². The summed E-state index contributed by atoms with van der Waals surface area (Å²) in [5.41, 5.74) is 3.27. The predicted molar refractivity (Wildman–Crippen MR) is 204 cm³/mol. The first-order valence-corrected chi connectivity index (χ1v) is 19.2. The first kappa shape index (κ1) is 39.5. The van der Waals surface area contributed by atoms with Crippen molar-refractivity contribution in [3.63, 3.8) is 0 Å². The number of fused-ring (bicyclic) bond motifs is 1. The van der Waals surface area contributed by atoms with Gasteiger partial charge in [-0.05, 0) is 86.9 Å². The van der Waals surface area contributed by atoms with Crippen LogP contribution in [0.1, 0.15) is 79.4 Å². The fourth-order valence-corrected chi connectivity index (χ4v) is 8.62. The first-order valence-electron chi connectivity index (χ1n) is 18.8. The zero-order valence-corrected chi connectivity index (χ0v) is 32.2. The summed E-state index contributed by atoms with van der Waals surface area (Å²) in [5, 5.41) is 13.8. The molecular weight excluding hydrogens is 749 g/mol. The van der Waals surface area contributed by atoms with E-state index in [4.69, 9.17) is 30.8 Å². The molecule has 0 radical (unpaired) electrons. The van der Waals surface area contributed by atoms with Crippen LogP contribution in [-0.2, 0) is 35.3 Å². The molecule has 0 amide bonds. The number of carbonyl (C=O) groups excluding carboxylic acids is 1. The fourth-order valence-electron chi connectivity index (χ4n) is 8.30. The van der Waals surface area contributed by atoms with Gasteiger partial charge >= 0.3 is 12.1 Å². The number of ketones is 1. The van der Waals surface area contributed by atoms with Crippen LogP contribution in [0.25, 0.3) is 22.4 Å². The Kier molecular flexibility index (Phi) is 11.3. The number of hydrogen-bond donors (Lipinski definition) is 2.